The zero-order chi connectivity index (χ0) is 14.8. The average Bonchev–Trinajstić information content (AvgIpc) is 2.53. The van der Waals surface area contributed by atoms with Gasteiger partial charge in [-0.1, -0.05) is 12.1 Å². The Bertz CT molecular complexity index is 678. The van der Waals surface area contributed by atoms with Crippen LogP contribution in [0.5, 0.6) is 17.2 Å². The van der Waals surface area contributed by atoms with Crippen LogP contribution in [-0.2, 0) is 11.2 Å². The van der Waals surface area contributed by atoms with Gasteiger partial charge in [0.25, 0.3) is 0 Å². The Kier molecular flexibility index (Phi) is 3.52. The summed E-state index contributed by atoms with van der Waals surface area (Å²) in [6.45, 7) is 0. The molecule has 3 rings (SSSR count). The number of carbonyl (C=O) groups is 1. The van der Waals surface area contributed by atoms with Crippen LogP contribution in [0.3, 0.4) is 0 Å². The van der Waals surface area contributed by atoms with Gasteiger partial charge in [-0.25, -0.2) is 0 Å². The van der Waals surface area contributed by atoms with E-state index in [4.69, 9.17) is 14.2 Å². The van der Waals surface area contributed by atoms with E-state index in [1.165, 1.54) is 0 Å². The number of hydrogen-bond acceptors (Lipinski definition) is 4. The molecule has 21 heavy (non-hydrogen) atoms. The van der Waals surface area contributed by atoms with Gasteiger partial charge in [0.1, 0.15) is 17.2 Å². The van der Waals surface area contributed by atoms with Crippen molar-refractivity contribution in [1.29, 1.82) is 0 Å². The Balaban J connectivity index is 1.93. The van der Waals surface area contributed by atoms with E-state index in [0.717, 1.165) is 22.6 Å². The van der Waals surface area contributed by atoms with Gasteiger partial charge < -0.3 is 14.2 Å². The lowest BCUT2D eigenvalue weighted by Gasteiger charge is -2.25. The number of hydrogen-bond donors (Lipinski definition) is 0. The largest absolute Gasteiger partial charge is 0.497 e. The predicted octanol–water partition coefficient (Wildman–Crippen LogP) is 2.95. The molecule has 0 amide bonds. The highest BCUT2D eigenvalue weighted by atomic mass is 16.5. The third kappa shape index (κ3) is 2.57. The Morgan fingerprint density at radius 1 is 1.05 bits per heavy atom. The molecule has 1 unspecified atom stereocenters. The molecule has 0 N–H and O–H groups in total. The highest BCUT2D eigenvalue weighted by Crippen LogP contribution is 2.35. The lowest BCUT2D eigenvalue weighted by atomic mass is 9.96. The topological polar surface area (TPSA) is 44.8 Å². The van der Waals surface area contributed by atoms with Crippen LogP contribution in [0.4, 0.5) is 0 Å². The molecule has 4 heteroatoms. The summed E-state index contributed by atoms with van der Waals surface area (Å²) in [5, 5.41) is 0. The molecule has 1 aliphatic rings. The SMILES string of the molecule is COc1cccc(C2Oc3ccc(OC)cc3CC2=O)c1. The van der Waals surface area contributed by atoms with E-state index in [-0.39, 0.29) is 5.78 Å². The van der Waals surface area contributed by atoms with Crippen molar-refractivity contribution in [2.75, 3.05) is 14.2 Å². The van der Waals surface area contributed by atoms with Crippen LogP contribution < -0.4 is 14.2 Å². The smallest absolute Gasteiger partial charge is 0.182 e. The maximum Gasteiger partial charge on any atom is 0.182 e. The van der Waals surface area contributed by atoms with Crippen molar-refractivity contribution in [3.8, 4) is 17.2 Å². The predicted molar refractivity (Wildman–Crippen MR) is 78.1 cm³/mol. The Labute approximate surface area is 123 Å². The second-order valence-corrected chi connectivity index (χ2v) is 4.89. The van der Waals surface area contributed by atoms with Gasteiger partial charge in [-0.05, 0) is 30.3 Å². The molecule has 0 bridgehead atoms. The molecule has 2 aromatic carbocycles. The first-order chi connectivity index (χ1) is 10.2. The third-order valence-corrected chi connectivity index (χ3v) is 3.57. The summed E-state index contributed by atoms with van der Waals surface area (Å²) in [6, 6.07) is 12.9. The number of ketones is 1. The lowest BCUT2D eigenvalue weighted by Crippen LogP contribution is -2.25. The maximum atomic E-state index is 12.4. The van der Waals surface area contributed by atoms with Crippen molar-refractivity contribution < 1.29 is 19.0 Å². The molecule has 0 radical (unpaired) electrons. The van der Waals surface area contributed by atoms with E-state index in [1.54, 1.807) is 14.2 Å². The van der Waals surface area contributed by atoms with Crippen LogP contribution in [-0.4, -0.2) is 20.0 Å². The molecule has 0 saturated heterocycles. The van der Waals surface area contributed by atoms with E-state index in [9.17, 15) is 4.79 Å². The Morgan fingerprint density at radius 2 is 1.81 bits per heavy atom. The molecular weight excluding hydrogens is 268 g/mol. The van der Waals surface area contributed by atoms with Gasteiger partial charge in [-0.15, -0.1) is 0 Å². The normalized spacial score (nSPS) is 16.9. The number of carbonyl (C=O) groups excluding carboxylic acids is 1. The first-order valence-corrected chi connectivity index (χ1v) is 6.71. The van der Waals surface area contributed by atoms with Crippen LogP contribution in [0.15, 0.2) is 42.5 Å². The monoisotopic (exact) mass is 284 g/mol. The number of rotatable bonds is 3. The Hall–Kier alpha value is -2.49. The van der Waals surface area contributed by atoms with Gasteiger partial charge in [0.05, 0.1) is 14.2 Å². The average molecular weight is 284 g/mol. The summed E-state index contributed by atoms with van der Waals surface area (Å²) >= 11 is 0. The Morgan fingerprint density at radius 3 is 2.57 bits per heavy atom. The minimum atomic E-state index is -0.582. The zero-order valence-electron chi connectivity index (χ0n) is 12.0. The molecule has 0 saturated carbocycles. The molecule has 1 heterocycles. The first kappa shape index (κ1) is 13.5. The van der Waals surface area contributed by atoms with Gasteiger partial charge >= 0.3 is 0 Å². The van der Waals surface area contributed by atoms with Crippen LogP contribution in [0.2, 0.25) is 0 Å². The third-order valence-electron chi connectivity index (χ3n) is 3.57. The minimum absolute atomic E-state index is 0.0315. The molecule has 0 aliphatic carbocycles. The number of methoxy groups -OCH3 is 2. The second-order valence-electron chi connectivity index (χ2n) is 4.89. The van der Waals surface area contributed by atoms with Gasteiger partial charge in [-0.2, -0.15) is 0 Å². The summed E-state index contributed by atoms with van der Waals surface area (Å²) < 4.78 is 16.2. The summed E-state index contributed by atoms with van der Waals surface area (Å²) in [6.07, 6.45) is -0.241. The quantitative estimate of drug-likeness (QED) is 0.869. The zero-order valence-corrected chi connectivity index (χ0v) is 12.0. The standard InChI is InChI=1S/C17H16O4/c1-19-13-5-3-4-11(8-13)17-15(18)10-12-9-14(20-2)6-7-16(12)21-17/h3-9,17H,10H2,1-2H3. The van der Waals surface area contributed by atoms with Crippen LogP contribution in [0, 0.1) is 0 Å². The van der Waals surface area contributed by atoms with Crippen LogP contribution in [0.25, 0.3) is 0 Å². The van der Waals surface area contributed by atoms with Gasteiger partial charge in [0.2, 0.25) is 0 Å². The minimum Gasteiger partial charge on any atom is -0.497 e. The molecule has 108 valence electrons. The van der Waals surface area contributed by atoms with Crippen molar-refractivity contribution in [3.05, 3.63) is 53.6 Å². The fourth-order valence-electron chi connectivity index (χ4n) is 2.47. The fraction of sp³-hybridized carbons (Fsp3) is 0.235. The number of benzene rings is 2. The van der Waals surface area contributed by atoms with Crippen LogP contribution >= 0.6 is 0 Å². The highest BCUT2D eigenvalue weighted by molar-refractivity contribution is 5.89. The first-order valence-electron chi connectivity index (χ1n) is 6.71. The van der Waals surface area contributed by atoms with Crippen molar-refractivity contribution in [2.24, 2.45) is 0 Å². The second kappa shape index (κ2) is 5.48. The molecule has 0 aromatic heterocycles. The van der Waals surface area contributed by atoms with Crippen molar-refractivity contribution >= 4 is 5.78 Å². The number of Topliss-reactive ketones (excluding diaryl/α,β-unsaturated/α-hetero) is 1. The summed E-state index contributed by atoms with van der Waals surface area (Å²) in [7, 11) is 3.20. The maximum absolute atomic E-state index is 12.4. The van der Waals surface area contributed by atoms with E-state index >= 15 is 0 Å². The van der Waals surface area contributed by atoms with E-state index in [0.29, 0.717) is 12.2 Å². The summed E-state index contributed by atoms with van der Waals surface area (Å²) in [5.41, 5.74) is 1.67. The molecule has 2 aromatic rings. The molecule has 1 aliphatic heterocycles. The van der Waals surface area contributed by atoms with E-state index in [1.807, 2.05) is 42.5 Å². The molecular formula is C17H16O4. The number of fused-ring (bicyclic) bond motifs is 1. The van der Waals surface area contributed by atoms with Crippen molar-refractivity contribution in [3.63, 3.8) is 0 Å². The van der Waals surface area contributed by atoms with E-state index < -0.39 is 6.10 Å². The van der Waals surface area contributed by atoms with Gasteiger partial charge in [0.15, 0.2) is 11.9 Å². The number of ether oxygens (including phenoxy) is 3. The molecule has 1 atom stereocenters. The lowest BCUT2D eigenvalue weighted by molar-refractivity contribution is -0.126. The highest BCUT2D eigenvalue weighted by Gasteiger charge is 2.29. The molecule has 4 nitrogen and oxygen atoms in total. The van der Waals surface area contributed by atoms with Crippen LogP contribution in [0.1, 0.15) is 17.2 Å². The van der Waals surface area contributed by atoms with Gasteiger partial charge in [-0.3, -0.25) is 4.79 Å². The van der Waals surface area contributed by atoms with Crippen molar-refractivity contribution in [2.45, 2.75) is 12.5 Å². The van der Waals surface area contributed by atoms with Crippen molar-refractivity contribution in [1.82, 2.24) is 0 Å². The molecule has 0 fully saturated rings. The van der Waals surface area contributed by atoms with E-state index in [2.05, 4.69) is 0 Å². The molecule has 0 spiro atoms. The fourth-order valence-corrected chi connectivity index (χ4v) is 2.47. The summed E-state index contributed by atoms with van der Waals surface area (Å²) in [4.78, 5) is 12.4. The van der Waals surface area contributed by atoms with Gasteiger partial charge in [0, 0.05) is 17.5 Å². The summed E-state index contributed by atoms with van der Waals surface area (Å²) in [5.74, 6) is 2.20.